The third-order valence-electron chi connectivity index (χ3n) is 2.90. The molecule has 1 aromatic rings. The van der Waals surface area contributed by atoms with Gasteiger partial charge in [-0.05, 0) is 37.9 Å². The molecule has 1 atom stereocenters. The van der Waals surface area contributed by atoms with Gasteiger partial charge in [0.1, 0.15) is 5.75 Å². The van der Waals surface area contributed by atoms with Crippen LogP contribution < -0.4 is 15.8 Å². The van der Waals surface area contributed by atoms with E-state index in [1.807, 2.05) is 12.1 Å². The fourth-order valence-electron chi connectivity index (χ4n) is 1.66. The molecule has 3 N–H and O–H groups in total. The summed E-state index contributed by atoms with van der Waals surface area (Å²) in [4.78, 5) is 16.1. The van der Waals surface area contributed by atoms with Crippen LogP contribution in [-0.4, -0.2) is 30.1 Å². The van der Waals surface area contributed by atoms with Crippen LogP contribution in [0.25, 0.3) is 0 Å². The Labute approximate surface area is 120 Å². The zero-order valence-corrected chi connectivity index (χ0v) is 12.6. The van der Waals surface area contributed by atoms with Gasteiger partial charge < -0.3 is 15.8 Å². The number of amides is 1. The lowest BCUT2D eigenvalue weighted by molar-refractivity contribution is -0.127. The number of ether oxygens (including phenoxy) is 1. The van der Waals surface area contributed by atoms with Gasteiger partial charge in [0.05, 0.1) is 6.20 Å². The molecule has 1 amide bonds. The number of hydrogen-bond donors (Lipinski definition) is 2. The third-order valence-corrected chi connectivity index (χ3v) is 2.90. The Morgan fingerprint density at radius 2 is 2.15 bits per heavy atom. The monoisotopic (exact) mass is 279 g/mol. The van der Waals surface area contributed by atoms with Crippen molar-refractivity contribution in [2.45, 2.75) is 39.7 Å². The van der Waals surface area contributed by atoms with Gasteiger partial charge in [0.2, 0.25) is 0 Å². The molecule has 0 aliphatic rings. The van der Waals surface area contributed by atoms with Gasteiger partial charge in [0, 0.05) is 18.7 Å². The van der Waals surface area contributed by atoms with E-state index in [2.05, 4.69) is 24.1 Å². The van der Waals surface area contributed by atoms with Crippen molar-refractivity contribution in [1.82, 2.24) is 10.3 Å². The Kier molecular flexibility index (Phi) is 7.01. The number of nitrogens with two attached hydrogens (primary N) is 1. The number of hydrogen-bond acceptors (Lipinski definition) is 4. The van der Waals surface area contributed by atoms with E-state index >= 15 is 0 Å². The highest BCUT2D eigenvalue weighted by molar-refractivity contribution is 5.80. The van der Waals surface area contributed by atoms with Gasteiger partial charge in [0.15, 0.2) is 6.10 Å². The summed E-state index contributed by atoms with van der Waals surface area (Å²) in [6.45, 7) is 7.24. The van der Waals surface area contributed by atoms with Gasteiger partial charge in [-0.3, -0.25) is 9.78 Å². The minimum absolute atomic E-state index is 0.100. The van der Waals surface area contributed by atoms with E-state index in [-0.39, 0.29) is 5.91 Å². The maximum absolute atomic E-state index is 11.8. The molecule has 0 radical (unpaired) electrons. The molecule has 112 valence electrons. The first-order valence-electron chi connectivity index (χ1n) is 7.12. The molecule has 0 saturated heterocycles. The molecular formula is C15H25N3O2. The van der Waals surface area contributed by atoms with Crippen LogP contribution in [0.15, 0.2) is 18.3 Å². The number of carbonyl (C=O) groups excluding carboxylic acids is 1. The standard InChI is InChI=1S/C15H25N3O2/c1-11(2)7-9-17-15(19)12(3)20-14-5-4-13(6-8-16)18-10-14/h4-5,10-12H,6-9,16H2,1-3H3,(H,17,19). The zero-order chi connectivity index (χ0) is 15.0. The molecule has 0 spiro atoms. The number of rotatable bonds is 8. The van der Waals surface area contributed by atoms with Crippen LogP contribution in [0.1, 0.15) is 32.9 Å². The second-order valence-corrected chi connectivity index (χ2v) is 5.26. The summed E-state index contributed by atoms with van der Waals surface area (Å²) in [5.74, 6) is 1.07. The molecule has 5 nitrogen and oxygen atoms in total. The minimum Gasteiger partial charge on any atom is -0.479 e. The molecule has 20 heavy (non-hydrogen) atoms. The molecule has 0 aromatic carbocycles. The Bertz CT molecular complexity index is 404. The summed E-state index contributed by atoms with van der Waals surface area (Å²) < 4.78 is 5.56. The Morgan fingerprint density at radius 1 is 1.40 bits per heavy atom. The van der Waals surface area contributed by atoms with Gasteiger partial charge in [-0.2, -0.15) is 0 Å². The SMILES string of the molecule is CC(C)CCNC(=O)C(C)Oc1ccc(CCN)nc1. The van der Waals surface area contributed by atoms with E-state index in [1.165, 1.54) is 0 Å². The summed E-state index contributed by atoms with van der Waals surface area (Å²) in [6.07, 6.45) is 2.81. The number of pyridine rings is 1. The van der Waals surface area contributed by atoms with Gasteiger partial charge in [0.25, 0.3) is 5.91 Å². The van der Waals surface area contributed by atoms with Crippen LogP contribution in [0.4, 0.5) is 0 Å². The molecule has 1 rings (SSSR count). The van der Waals surface area contributed by atoms with Gasteiger partial charge in [-0.1, -0.05) is 13.8 Å². The van der Waals surface area contributed by atoms with Crippen molar-refractivity contribution in [3.8, 4) is 5.75 Å². The fraction of sp³-hybridized carbons (Fsp3) is 0.600. The Morgan fingerprint density at radius 3 is 2.70 bits per heavy atom. The lowest BCUT2D eigenvalue weighted by Gasteiger charge is -2.15. The molecule has 0 aliphatic carbocycles. The summed E-state index contributed by atoms with van der Waals surface area (Å²) in [5, 5.41) is 2.86. The van der Waals surface area contributed by atoms with Gasteiger partial charge in [-0.15, -0.1) is 0 Å². The first kappa shape index (κ1) is 16.4. The number of aromatic nitrogens is 1. The molecule has 0 saturated carbocycles. The molecule has 1 aromatic heterocycles. The largest absolute Gasteiger partial charge is 0.479 e. The van der Waals surface area contributed by atoms with Crippen LogP contribution >= 0.6 is 0 Å². The highest BCUT2D eigenvalue weighted by atomic mass is 16.5. The average Bonchev–Trinajstić information content (AvgIpc) is 2.40. The van der Waals surface area contributed by atoms with Crippen molar-refractivity contribution in [3.05, 3.63) is 24.0 Å². The summed E-state index contributed by atoms with van der Waals surface area (Å²) in [7, 11) is 0. The minimum atomic E-state index is -0.524. The summed E-state index contributed by atoms with van der Waals surface area (Å²) >= 11 is 0. The topological polar surface area (TPSA) is 77.2 Å². The highest BCUT2D eigenvalue weighted by Crippen LogP contribution is 2.11. The van der Waals surface area contributed by atoms with Crippen LogP contribution in [0, 0.1) is 5.92 Å². The van der Waals surface area contributed by atoms with Crippen molar-refractivity contribution in [3.63, 3.8) is 0 Å². The average molecular weight is 279 g/mol. The van der Waals surface area contributed by atoms with Crippen molar-refractivity contribution in [1.29, 1.82) is 0 Å². The second-order valence-electron chi connectivity index (χ2n) is 5.26. The quantitative estimate of drug-likeness (QED) is 0.756. The maximum Gasteiger partial charge on any atom is 0.260 e. The summed E-state index contributed by atoms with van der Waals surface area (Å²) in [6, 6.07) is 3.68. The highest BCUT2D eigenvalue weighted by Gasteiger charge is 2.14. The predicted octanol–water partition coefficient (Wildman–Crippen LogP) is 1.51. The molecular weight excluding hydrogens is 254 g/mol. The van der Waals surface area contributed by atoms with Crippen LogP contribution in [0.5, 0.6) is 5.75 Å². The fourth-order valence-corrected chi connectivity index (χ4v) is 1.66. The third kappa shape index (κ3) is 6.02. The van der Waals surface area contributed by atoms with Gasteiger partial charge >= 0.3 is 0 Å². The molecule has 5 heteroatoms. The maximum atomic E-state index is 11.8. The normalized spacial score (nSPS) is 12.2. The molecule has 0 bridgehead atoms. The van der Waals surface area contributed by atoms with Crippen LogP contribution in [0.3, 0.4) is 0 Å². The van der Waals surface area contributed by atoms with E-state index in [4.69, 9.17) is 10.5 Å². The first-order chi connectivity index (χ1) is 9.52. The first-order valence-corrected chi connectivity index (χ1v) is 7.12. The van der Waals surface area contributed by atoms with E-state index in [1.54, 1.807) is 13.1 Å². The lowest BCUT2D eigenvalue weighted by atomic mass is 10.1. The predicted molar refractivity (Wildman–Crippen MR) is 79.6 cm³/mol. The zero-order valence-electron chi connectivity index (χ0n) is 12.6. The number of nitrogens with zero attached hydrogens (tertiary/aromatic N) is 1. The van der Waals surface area contributed by atoms with Crippen molar-refractivity contribution in [2.24, 2.45) is 11.7 Å². The van der Waals surface area contributed by atoms with Crippen LogP contribution in [-0.2, 0) is 11.2 Å². The Balaban J connectivity index is 2.40. The molecule has 1 unspecified atom stereocenters. The Hall–Kier alpha value is -1.62. The van der Waals surface area contributed by atoms with Crippen LogP contribution in [0.2, 0.25) is 0 Å². The molecule has 0 aliphatic heterocycles. The van der Waals surface area contributed by atoms with E-state index in [0.29, 0.717) is 24.8 Å². The van der Waals surface area contributed by atoms with E-state index in [9.17, 15) is 4.79 Å². The van der Waals surface area contributed by atoms with Crippen molar-refractivity contribution >= 4 is 5.91 Å². The summed E-state index contributed by atoms with van der Waals surface area (Å²) in [5.41, 5.74) is 6.39. The lowest BCUT2D eigenvalue weighted by Crippen LogP contribution is -2.37. The van der Waals surface area contributed by atoms with E-state index < -0.39 is 6.10 Å². The van der Waals surface area contributed by atoms with Crippen molar-refractivity contribution in [2.75, 3.05) is 13.1 Å². The smallest absolute Gasteiger partial charge is 0.260 e. The van der Waals surface area contributed by atoms with E-state index in [0.717, 1.165) is 18.5 Å². The number of carbonyl (C=O) groups is 1. The molecule has 0 fully saturated rings. The number of nitrogens with one attached hydrogen (secondary N) is 1. The molecule has 1 heterocycles. The second kappa shape index (κ2) is 8.53. The van der Waals surface area contributed by atoms with Gasteiger partial charge in [-0.25, -0.2) is 0 Å². The van der Waals surface area contributed by atoms with Crippen molar-refractivity contribution < 1.29 is 9.53 Å².